The van der Waals surface area contributed by atoms with Crippen molar-refractivity contribution in [2.24, 2.45) is 0 Å². The first-order valence-electron chi connectivity index (χ1n) is 4.69. The Hall–Kier alpha value is -1.77. The smallest absolute Gasteiger partial charge is 0.135 e. The van der Waals surface area contributed by atoms with E-state index in [1.54, 1.807) is 18.3 Å². The summed E-state index contributed by atoms with van der Waals surface area (Å²) >= 11 is 0. The van der Waals surface area contributed by atoms with Crippen LogP contribution >= 0.6 is 0 Å². The topological polar surface area (TPSA) is 30.0 Å². The molecule has 76 valence electrons. The lowest BCUT2D eigenvalue weighted by Gasteiger charge is -2.00. The average molecular weight is 203 g/mol. The number of carbonyl (C=O) groups excluding carboxylic acids is 1. The quantitative estimate of drug-likeness (QED) is 0.750. The molecule has 3 heteroatoms. The van der Waals surface area contributed by atoms with E-state index in [1.807, 2.05) is 0 Å². The summed E-state index contributed by atoms with van der Waals surface area (Å²) in [5.74, 6) is -0.222. The van der Waals surface area contributed by atoms with Crippen molar-refractivity contribution in [2.45, 2.75) is 13.3 Å². The number of hydrogen-bond acceptors (Lipinski definition) is 2. The van der Waals surface area contributed by atoms with Crippen molar-refractivity contribution in [2.75, 3.05) is 0 Å². The standard InChI is InChI=1S/C12H10FNO/c1-8(15)4-12-6-10-5-11(13)3-2-9(10)7-14-12/h2-3,5-7H,4H2,1H3. The lowest BCUT2D eigenvalue weighted by molar-refractivity contribution is -0.116. The van der Waals surface area contributed by atoms with E-state index < -0.39 is 0 Å². The van der Waals surface area contributed by atoms with Crippen LogP contribution in [0.5, 0.6) is 0 Å². The van der Waals surface area contributed by atoms with Crippen LogP contribution < -0.4 is 0 Å². The first-order valence-corrected chi connectivity index (χ1v) is 4.69. The molecule has 0 fully saturated rings. The lowest BCUT2D eigenvalue weighted by atomic mass is 10.1. The molecule has 0 spiro atoms. The van der Waals surface area contributed by atoms with Crippen molar-refractivity contribution in [3.8, 4) is 0 Å². The van der Waals surface area contributed by atoms with Crippen LogP contribution in [0.15, 0.2) is 30.5 Å². The van der Waals surface area contributed by atoms with Crippen molar-refractivity contribution >= 4 is 16.6 Å². The number of hydrogen-bond donors (Lipinski definition) is 0. The number of aromatic nitrogens is 1. The van der Waals surface area contributed by atoms with Crippen molar-refractivity contribution in [3.05, 3.63) is 42.0 Å². The highest BCUT2D eigenvalue weighted by Crippen LogP contribution is 2.15. The fourth-order valence-corrected chi connectivity index (χ4v) is 1.51. The summed E-state index contributed by atoms with van der Waals surface area (Å²) < 4.78 is 12.9. The largest absolute Gasteiger partial charge is 0.300 e. The number of ketones is 1. The molecular weight excluding hydrogens is 193 g/mol. The lowest BCUT2D eigenvalue weighted by Crippen LogP contribution is -1.98. The molecule has 0 N–H and O–H groups in total. The Labute approximate surface area is 86.8 Å². The van der Waals surface area contributed by atoms with E-state index in [4.69, 9.17) is 0 Å². The first kappa shape index (κ1) is 9.77. The minimum atomic E-state index is -0.275. The predicted octanol–water partition coefficient (Wildman–Crippen LogP) is 2.51. The molecule has 0 bridgehead atoms. The van der Waals surface area contributed by atoms with Gasteiger partial charge in [-0.05, 0) is 36.6 Å². The predicted molar refractivity (Wildman–Crippen MR) is 56.1 cm³/mol. The molecule has 2 aromatic rings. The van der Waals surface area contributed by atoms with Gasteiger partial charge >= 0.3 is 0 Å². The first-order chi connectivity index (χ1) is 7.15. The van der Waals surface area contributed by atoms with Gasteiger partial charge < -0.3 is 0 Å². The molecule has 1 aromatic heterocycles. The van der Waals surface area contributed by atoms with E-state index in [9.17, 15) is 9.18 Å². The van der Waals surface area contributed by atoms with Gasteiger partial charge in [-0.15, -0.1) is 0 Å². The van der Waals surface area contributed by atoms with Crippen molar-refractivity contribution < 1.29 is 9.18 Å². The van der Waals surface area contributed by atoms with Gasteiger partial charge in [0.05, 0.1) is 0 Å². The Balaban J connectivity index is 2.49. The Bertz CT molecular complexity index is 522. The maximum atomic E-state index is 12.9. The van der Waals surface area contributed by atoms with Crippen LogP contribution in [0.25, 0.3) is 10.8 Å². The number of halogens is 1. The molecule has 0 saturated carbocycles. The molecule has 15 heavy (non-hydrogen) atoms. The van der Waals surface area contributed by atoms with Gasteiger partial charge in [-0.25, -0.2) is 4.39 Å². The van der Waals surface area contributed by atoms with E-state index in [-0.39, 0.29) is 11.6 Å². The Kier molecular flexibility index (Phi) is 2.46. The van der Waals surface area contributed by atoms with Gasteiger partial charge in [0.1, 0.15) is 11.6 Å². The van der Waals surface area contributed by atoms with E-state index in [2.05, 4.69) is 4.98 Å². The monoisotopic (exact) mass is 203 g/mol. The highest BCUT2D eigenvalue weighted by atomic mass is 19.1. The highest BCUT2D eigenvalue weighted by molar-refractivity contribution is 5.84. The summed E-state index contributed by atoms with van der Waals surface area (Å²) in [6, 6.07) is 6.27. The molecule has 0 aliphatic heterocycles. The van der Waals surface area contributed by atoms with Gasteiger partial charge in [-0.1, -0.05) is 0 Å². The fraction of sp³-hybridized carbons (Fsp3) is 0.167. The molecule has 0 radical (unpaired) electrons. The van der Waals surface area contributed by atoms with Crippen LogP contribution in [0.3, 0.4) is 0 Å². The Morgan fingerprint density at radius 3 is 2.87 bits per heavy atom. The van der Waals surface area contributed by atoms with Gasteiger partial charge in [0.25, 0.3) is 0 Å². The van der Waals surface area contributed by atoms with Crippen LogP contribution in [0, 0.1) is 5.82 Å². The van der Waals surface area contributed by atoms with Crippen LogP contribution in [0.2, 0.25) is 0 Å². The maximum Gasteiger partial charge on any atom is 0.135 e. The van der Waals surface area contributed by atoms with Gasteiger partial charge in [-0.3, -0.25) is 9.78 Å². The van der Waals surface area contributed by atoms with Crippen LogP contribution in [-0.2, 0) is 11.2 Å². The summed E-state index contributed by atoms with van der Waals surface area (Å²) in [4.78, 5) is 15.0. The minimum Gasteiger partial charge on any atom is -0.300 e. The molecule has 0 unspecified atom stereocenters. The van der Waals surface area contributed by atoms with Crippen LogP contribution in [0.1, 0.15) is 12.6 Å². The molecule has 0 amide bonds. The fourth-order valence-electron chi connectivity index (χ4n) is 1.51. The SMILES string of the molecule is CC(=O)Cc1cc2cc(F)ccc2cn1. The second kappa shape index (κ2) is 3.77. The third kappa shape index (κ3) is 2.18. The number of carbonyl (C=O) groups is 1. The summed E-state index contributed by atoms with van der Waals surface area (Å²) in [7, 11) is 0. The van der Waals surface area contributed by atoms with Gasteiger partial charge in [0.2, 0.25) is 0 Å². The molecular formula is C12H10FNO. The van der Waals surface area contributed by atoms with Gasteiger partial charge in [-0.2, -0.15) is 0 Å². The number of fused-ring (bicyclic) bond motifs is 1. The molecule has 2 rings (SSSR count). The number of Topliss-reactive ketones (excluding diaryl/α,β-unsaturated/α-hetero) is 1. The van der Waals surface area contributed by atoms with E-state index >= 15 is 0 Å². The zero-order valence-corrected chi connectivity index (χ0v) is 8.33. The second-order valence-electron chi connectivity index (χ2n) is 3.55. The second-order valence-corrected chi connectivity index (χ2v) is 3.55. The zero-order valence-electron chi connectivity index (χ0n) is 8.33. The number of benzene rings is 1. The third-order valence-electron chi connectivity index (χ3n) is 2.17. The molecule has 2 nitrogen and oxygen atoms in total. The molecule has 0 atom stereocenters. The third-order valence-corrected chi connectivity index (χ3v) is 2.17. The van der Waals surface area contributed by atoms with Crippen LogP contribution in [0.4, 0.5) is 4.39 Å². The Morgan fingerprint density at radius 2 is 2.13 bits per heavy atom. The number of rotatable bonds is 2. The average Bonchev–Trinajstić information content (AvgIpc) is 2.16. The minimum absolute atomic E-state index is 0.0539. The number of nitrogens with zero attached hydrogens (tertiary/aromatic N) is 1. The van der Waals surface area contributed by atoms with Crippen molar-refractivity contribution in [1.82, 2.24) is 4.98 Å². The maximum absolute atomic E-state index is 12.9. The molecule has 0 saturated heterocycles. The normalized spacial score (nSPS) is 10.5. The molecule has 1 aromatic carbocycles. The van der Waals surface area contributed by atoms with Crippen molar-refractivity contribution in [1.29, 1.82) is 0 Å². The summed E-state index contributed by atoms with van der Waals surface area (Å²) in [6.07, 6.45) is 1.96. The van der Waals surface area contributed by atoms with Crippen LogP contribution in [-0.4, -0.2) is 10.8 Å². The number of pyridine rings is 1. The Morgan fingerprint density at radius 1 is 1.33 bits per heavy atom. The molecule has 1 heterocycles. The highest BCUT2D eigenvalue weighted by Gasteiger charge is 2.01. The van der Waals surface area contributed by atoms with Gasteiger partial charge in [0.15, 0.2) is 0 Å². The van der Waals surface area contributed by atoms with E-state index in [0.717, 1.165) is 10.8 Å². The summed E-state index contributed by atoms with van der Waals surface area (Å²) in [5, 5.41) is 1.66. The van der Waals surface area contributed by atoms with Crippen molar-refractivity contribution in [3.63, 3.8) is 0 Å². The summed E-state index contributed by atoms with van der Waals surface area (Å²) in [6.45, 7) is 1.51. The molecule has 0 aliphatic rings. The van der Waals surface area contributed by atoms with E-state index in [1.165, 1.54) is 19.1 Å². The van der Waals surface area contributed by atoms with Gasteiger partial charge in [0, 0.05) is 23.7 Å². The van der Waals surface area contributed by atoms with E-state index in [0.29, 0.717) is 12.1 Å². The molecule has 0 aliphatic carbocycles. The zero-order chi connectivity index (χ0) is 10.8. The summed E-state index contributed by atoms with van der Waals surface area (Å²) in [5.41, 5.74) is 0.681.